The van der Waals surface area contributed by atoms with Crippen molar-refractivity contribution in [2.45, 2.75) is 32.6 Å². The van der Waals surface area contributed by atoms with Gasteiger partial charge in [0, 0.05) is 18.7 Å². The molecule has 2 N–H and O–H groups in total. The number of carbonyl (C=O) groups is 1. The van der Waals surface area contributed by atoms with Crippen LogP contribution in [0.3, 0.4) is 0 Å². The number of anilines is 1. The van der Waals surface area contributed by atoms with Gasteiger partial charge in [-0.3, -0.25) is 4.79 Å². The van der Waals surface area contributed by atoms with E-state index < -0.39 is 0 Å². The molecule has 0 saturated heterocycles. The van der Waals surface area contributed by atoms with Crippen molar-refractivity contribution in [3.8, 4) is 0 Å². The van der Waals surface area contributed by atoms with Crippen LogP contribution in [-0.4, -0.2) is 17.6 Å². The molecule has 0 radical (unpaired) electrons. The lowest BCUT2D eigenvalue weighted by Crippen LogP contribution is -2.11. The standard InChI is InChI=1S/C13H19NO2/c1-2-4-11-6-8-12(9-7-11)14-13(16)5-3-10-15/h6-9,15H,2-5,10H2,1H3,(H,14,16). The second-order valence-corrected chi connectivity index (χ2v) is 3.82. The lowest BCUT2D eigenvalue weighted by molar-refractivity contribution is -0.116. The number of benzene rings is 1. The van der Waals surface area contributed by atoms with E-state index >= 15 is 0 Å². The third-order valence-electron chi connectivity index (χ3n) is 2.34. The molecule has 0 fully saturated rings. The third kappa shape index (κ3) is 4.45. The molecule has 0 heterocycles. The van der Waals surface area contributed by atoms with Crippen LogP contribution in [0.2, 0.25) is 0 Å². The van der Waals surface area contributed by atoms with Gasteiger partial charge in [-0.15, -0.1) is 0 Å². The van der Waals surface area contributed by atoms with Crippen LogP contribution in [0, 0.1) is 0 Å². The van der Waals surface area contributed by atoms with Crippen LogP contribution in [0.5, 0.6) is 0 Å². The van der Waals surface area contributed by atoms with E-state index in [-0.39, 0.29) is 12.5 Å². The van der Waals surface area contributed by atoms with Gasteiger partial charge in [0.05, 0.1) is 0 Å². The summed E-state index contributed by atoms with van der Waals surface area (Å²) in [5, 5.41) is 11.4. The Hall–Kier alpha value is -1.35. The molecule has 0 aliphatic carbocycles. The molecule has 0 unspecified atom stereocenters. The number of aliphatic hydroxyl groups excluding tert-OH is 1. The number of rotatable bonds is 6. The molecule has 0 aromatic heterocycles. The van der Waals surface area contributed by atoms with Crippen molar-refractivity contribution in [3.05, 3.63) is 29.8 Å². The summed E-state index contributed by atoms with van der Waals surface area (Å²) in [5.41, 5.74) is 2.11. The van der Waals surface area contributed by atoms with Gasteiger partial charge in [0.1, 0.15) is 0 Å². The maximum Gasteiger partial charge on any atom is 0.224 e. The summed E-state index contributed by atoms with van der Waals surface area (Å²) in [7, 11) is 0. The summed E-state index contributed by atoms with van der Waals surface area (Å²) in [6.45, 7) is 2.20. The summed E-state index contributed by atoms with van der Waals surface area (Å²) < 4.78 is 0. The Kier molecular flexibility index (Phi) is 5.57. The minimum atomic E-state index is -0.0442. The zero-order valence-corrected chi connectivity index (χ0v) is 9.70. The van der Waals surface area contributed by atoms with Crippen LogP contribution in [-0.2, 0) is 11.2 Å². The molecule has 0 spiro atoms. The number of nitrogens with one attached hydrogen (secondary N) is 1. The highest BCUT2D eigenvalue weighted by Crippen LogP contribution is 2.11. The van der Waals surface area contributed by atoms with E-state index in [1.165, 1.54) is 5.56 Å². The Labute approximate surface area is 96.5 Å². The average molecular weight is 221 g/mol. The highest BCUT2D eigenvalue weighted by Gasteiger charge is 2.01. The van der Waals surface area contributed by atoms with Crippen molar-refractivity contribution >= 4 is 11.6 Å². The number of hydrogen-bond donors (Lipinski definition) is 2. The summed E-state index contributed by atoms with van der Waals surface area (Å²) in [6, 6.07) is 7.90. The maximum absolute atomic E-state index is 11.4. The minimum absolute atomic E-state index is 0.0442. The van der Waals surface area contributed by atoms with Crippen molar-refractivity contribution < 1.29 is 9.90 Å². The van der Waals surface area contributed by atoms with Crippen LogP contribution < -0.4 is 5.32 Å². The SMILES string of the molecule is CCCc1ccc(NC(=O)CCCO)cc1. The Bertz CT molecular complexity index is 319. The van der Waals surface area contributed by atoms with E-state index in [1.807, 2.05) is 24.3 Å². The average Bonchev–Trinajstić information content (AvgIpc) is 2.29. The highest BCUT2D eigenvalue weighted by molar-refractivity contribution is 5.90. The molecule has 0 atom stereocenters. The van der Waals surface area contributed by atoms with Crippen molar-refractivity contribution in [1.82, 2.24) is 0 Å². The fourth-order valence-corrected chi connectivity index (χ4v) is 1.51. The van der Waals surface area contributed by atoms with E-state index in [0.29, 0.717) is 12.8 Å². The van der Waals surface area contributed by atoms with Gasteiger partial charge in [-0.05, 0) is 30.5 Å². The van der Waals surface area contributed by atoms with E-state index in [9.17, 15) is 4.79 Å². The predicted octanol–water partition coefficient (Wildman–Crippen LogP) is 2.35. The van der Waals surface area contributed by atoms with E-state index in [4.69, 9.17) is 5.11 Å². The van der Waals surface area contributed by atoms with Gasteiger partial charge in [-0.1, -0.05) is 25.5 Å². The Morgan fingerprint density at radius 1 is 1.31 bits per heavy atom. The molecule has 0 saturated carbocycles. The van der Waals surface area contributed by atoms with Gasteiger partial charge in [0.25, 0.3) is 0 Å². The summed E-state index contributed by atoms with van der Waals surface area (Å²) >= 11 is 0. The number of aliphatic hydroxyl groups is 1. The normalized spacial score (nSPS) is 10.1. The predicted molar refractivity (Wildman–Crippen MR) is 65.4 cm³/mol. The minimum Gasteiger partial charge on any atom is -0.396 e. The Morgan fingerprint density at radius 3 is 2.56 bits per heavy atom. The number of aryl methyl sites for hydroxylation is 1. The molecular formula is C13H19NO2. The number of hydrogen-bond acceptors (Lipinski definition) is 2. The first-order valence-electron chi connectivity index (χ1n) is 5.76. The second kappa shape index (κ2) is 7.01. The summed E-state index contributed by atoms with van der Waals surface area (Å²) in [4.78, 5) is 11.4. The molecule has 1 rings (SSSR count). The first kappa shape index (κ1) is 12.7. The van der Waals surface area contributed by atoms with Gasteiger partial charge in [-0.25, -0.2) is 0 Å². The second-order valence-electron chi connectivity index (χ2n) is 3.82. The maximum atomic E-state index is 11.4. The van der Waals surface area contributed by atoms with E-state index in [2.05, 4.69) is 12.2 Å². The molecule has 3 nitrogen and oxygen atoms in total. The van der Waals surface area contributed by atoms with Crippen molar-refractivity contribution in [1.29, 1.82) is 0 Å². The molecule has 3 heteroatoms. The Balaban J connectivity index is 2.45. The van der Waals surface area contributed by atoms with Crippen molar-refractivity contribution in [2.75, 3.05) is 11.9 Å². The van der Waals surface area contributed by atoms with Gasteiger partial charge in [0.2, 0.25) is 5.91 Å². The fraction of sp³-hybridized carbons (Fsp3) is 0.462. The summed E-state index contributed by atoms with van der Waals surface area (Å²) in [5.74, 6) is -0.0442. The third-order valence-corrected chi connectivity index (χ3v) is 2.34. The van der Waals surface area contributed by atoms with Gasteiger partial charge in [0.15, 0.2) is 0 Å². The zero-order chi connectivity index (χ0) is 11.8. The van der Waals surface area contributed by atoms with Gasteiger partial charge >= 0.3 is 0 Å². The van der Waals surface area contributed by atoms with E-state index in [1.54, 1.807) is 0 Å². The zero-order valence-electron chi connectivity index (χ0n) is 9.70. The quantitative estimate of drug-likeness (QED) is 0.774. The van der Waals surface area contributed by atoms with Crippen LogP contribution >= 0.6 is 0 Å². The lowest BCUT2D eigenvalue weighted by atomic mass is 10.1. The molecule has 0 aliphatic heterocycles. The fourth-order valence-electron chi connectivity index (χ4n) is 1.51. The lowest BCUT2D eigenvalue weighted by Gasteiger charge is -2.05. The van der Waals surface area contributed by atoms with E-state index in [0.717, 1.165) is 18.5 Å². The topological polar surface area (TPSA) is 49.3 Å². The first-order valence-corrected chi connectivity index (χ1v) is 5.76. The Morgan fingerprint density at radius 2 is 2.00 bits per heavy atom. The smallest absolute Gasteiger partial charge is 0.224 e. The molecule has 16 heavy (non-hydrogen) atoms. The van der Waals surface area contributed by atoms with Crippen LogP contribution in [0.15, 0.2) is 24.3 Å². The van der Waals surface area contributed by atoms with Crippen molar-refractivity contribution in [2.24, 2.45) is 0 Å². The first-order chi connectivity index (χ1) is 7.76. The molecule has 1 amide bonds. The molecule has 1 aromatic carbocycles. The monoisotopic (exact) mass is 221 g/mol. The highest BCUT2D eigenvalue weighted by atomic mass is 16.3. The molecule has 1 aromatic rings. The van der Waals surface area contributed by atoms with Crippen LogP contribution in [0.25, 0.3) is 0 Å². The van der Waals surface area contributed by atoms with Crippen LogP contribution in [0.1, 0.15) is 31.7 Å². The molecule has 0 bridgehead atoms. The molecule has 0 aliphatic rings. The summed E-state index contributed by atoms with van der Waals surface area (Å²) in [6.07, 6.45) is 3.08. The number of amides is 1. The molecular weight excluding hydrogens is 202 g/mol. The van der Waals surface area contributed by atoms with Gasteiger partial charge < -0.3 is 10.4 Å². The van der Waals surface area contributed by atoms with Crippen LogP contribution in [0.4, 0.5) is 5.69 Å². The van der Waals surface area contributed by atoms with Gasteiger partial charge in [-0.2, -0.15) is 0 Å². The molecule has 88 valence electrons. The number of carbonyl (C=O) groups excluding carboxylic acids is 1. The largest absolute Gasteiger partial charge is 0.396 e. The van der Waals surface area contributed by atoms with Crippen molar-refractivity contribution in [3.63, 3.8) is 0 Å².